The van der Waals surface area contributed by atoms with Gasteiger partial charge in [0.1, 0.15) is 5.75 Å². The molecule has 0 amide bonds. The smallest absolute Gasteiger partial charge is 0.119 e. The molecular weight excluding hydrogens is 162 g/mol. The first kappa shape index (κ1) is 10.1. The SMILES string of the molecule is CCC(N)c1cc(OC)ccc1C. The molecule has 72 valence electrons. The van der Waals surface area contributed by atoms with Crippen LogP contribution in [-0.4, -0.2) is 7.11 Å². The van der Waals surface area contributed by atoms with E-state index in [1.807, 2.05) is 18.2 Å². The summed E-state index contributed by atoms with van der Waals surface area (Å²) in [5.74, 6) is 0.879. The molecule has 0 saturated carbocycles. The van der Waals surface area contributed by atoms with Crippen LogP contribution in [-0.2, 0) is 0 Å². The summed E-state index contributed by atoms with van der Waals surface area (Å²) in [6, 6.07) is 6.14. The van der Waals surface area contributed by atoms with Crippen LogP contribution in [0.25, 0.3) is 0 Å². The third-order valence-corrected chi connectivity index (χ3v) is 2.33. The Labute approximate surface area is 79.7 Å². The zero-order valence-electron chi connectivity index (χ0n) is 8.50. The number of rotatable bonds is 3. The first-order valence-electron chi connectivity index (χ1n) is 4.59. The molecule has 0 heterocycles. The van der Waals surface area contributed by atoms with Gasteiger partial charge < -0.3 is 10.5 Å². The zero-order valence-corrected chi connectivity index (χ0v) is 8.50. The highest BCUT2D eigenvalue weighted by Gasteiger charge is 2.07. The Morgan fingerprint density at radius 3 is 2.69 bits per heavy atom. The number of hydrogen-bond donors (Lipinski definition) is 1. The molecule has 0 aliphatic carbocycles. The van der Waals surface area contributed by atoms with Crippen molar-refractivity contribution in [3.05, 3.63) is 29.3 Å². The van der Waals surface area contributed by atoms with Crippen molar-refractivity contribution in [1.29, 1.82) is 0 Å². The Kier molecular flexibility index (Phi) is 3.32. The van der Waals surface area contributed by atoms with Crippen molar-refractivity contribution >= 4 is 0 Å². The van der Waals surface area contributed by atoms with E-state index in [1.54, 1.807) is 7.11 Å². The molecule has 0 aliphatic heterocycles. The van der Waals surface area contributed by atoms with Crippen molar-refractivity contribution in [3.63, 3.8) is 0 Å². The molecule has 2 heteroatoms. The van der Waals surface area contributed by atoms with Gasteiger partial charge in [0.25, 0.3) is 0 Å². The van der Waals surface area contributed by atoms with Crippen LogP contribution in [0.4, 0.5) is 0 Å². The lowest BCUT2D eigenvalue weighted by Gasteiger charge is -2.13. The van der Waals surface area contributed by atoms with E-state index in [0.717, 1.165) is 12.2 Å². The predicted octanol–water partition coefficient (Wildman–Crippen LogP) is 2.41. The van der Waals surface area contributed by atoms with E-state index in [9.17, 15) is 0 Å². The minimum Gasteiger partial charge on any atom is -0.497 e. The first-order chi connectivity index (χ1) is 6.19. The van der Waals surface area contributed by atoms with E-state index in [2.05, 4.69) is 13.8 Å². The van der Waals surface area contributed by atoms with Gasteiger partial charge in [0.15, 0.2) is 0 Å². The number of hydrogen-bond acceptors (Lipinski definition) is 2. The molecule has 1 aromatic carbocycles. The van der Waals surface area contributed by atoms with E-state index in [4.69, 9.17) is 10.5 Å². The fraction of sp³-hybridized carbons (Fsp3) is 0.455. The molecule has 0 saturated heterocycles. The van der Waals surface area contributed by atoms with Gasteiger partial charge in [-0.3, -0.25) is 0 Å². The van der Waals surface area contributed by atoms with Crippen LogP contribution in [0.5, 0.6) is 5.75 Å². The minimum atomic E-state index is 0.120. The molecule has 0 fully saturated rings. The van der Waals surface area contributed by atoms with Gasteiger partial charge in [-0.2, -0.15) is 0 Å². The third kappa shape index (κ3) is 2.22. The fourth-order valence-corrected chi connectivity index (χ4v) is 1.36. The normalized spacial score (nSPS) is 12.6. The molecule has 0 radical (unpaired) electrons. The van der Waals surface area contributed by atoms with E-state index < -0.39 is 0 Å². The maximum atomic E-state index is 5.96. The van der Waals surface area contributed by atoms with Gasteiger partial charge in [-0.1, -0.05) is 13.0 Å². The molecule has 1 atom stereocenters. The van der Waals surface area contributed by atoms with Crippen LogP contribution in [0.15, 0.2) is 18.2 Å². The van der Waals surface area contributed by atoms with Crippen molar-refractivity contribution in [2.24, 2.45) is 5.73 Å². The third-order valence-electron chi connectivity index (χ3n) is 2.33. The van der Waals surface area contributed by atoms with Gasteiger partial charge in [-0.25, -0.2) is 0 Å². The van der Waals surface area contributed by atoms with Crippen molar-refractivity contribution in [1.82, 2.24) is 0 Å². The highest BCUT2D eigenvalue weighted by atomic mass is 16.5. The Morgan fingerprint density at radius 1 is 1.46 bits per heavy atom. The summed E-state index contributed by atoms with van der Waals surface area (Å²) < 4.78 is 5.15. The lowest BCUT2D eigenvalue weighted by atomic mass is 10.00. The van der Waals surface area contributed by atoms with Crippen LogP contribution < -0.4 is 10.5 Å². The molecule has 1 rings (SSSR count). The van der Waals surface area contributed by atoms with Gasteiger partial charge in [0.05, 0.1) is 7.11 Å². The van der Waals surface area contributed by atoms with Crippen molar-refractivity contribution in [3.8, 4) is 5.75 Å². The van der Waals surface area contributed by atoms with Crippen LogP contribution >= 0.6 is 0 Å². The largest absolute Gasteiger partial charge is 0.497 e. The fourth-order valence-electron chi connectivity index (χ4n) is 1.36. The Balaban J connectivity index is 3.03. The van der Waals surface area contributed by atoms with Gasteiger partial charge in [-0.15, -0.1) is 0 Å². The Morgan fingerprint density at radius 2 is 2.15 bits per heavy atom. The maximum Gasteiger partial charge on any atom is 0.119 e. The topological polar surface area (TPSA) is 35.2 Å². The summed E-state index contributed by atoms with van der Waals surface area (Å²) in [7, 11) is 1.67. The molecule has 13 heavy (non-hydrogen) atoms. The second-order valence-electron chi connectivity index (χ2n) is 3.24. The average molecular weight is 179 g/mol. The predicted molar refractivity (Wildman–Crippen MR) is 55.0 cm³/mol. The number of methoxy groups -OCH3 is 1. The molecule has 2 N–H and O–H groups in total. The number of benzene rings is 1. The zero-order chi connectivity index (χ0) is 9.84. The van der Waals surface area contributed by atoms with Crippen molar-refractivity contribution in [2.45, 2.75) is 26.3 Å². The minimum absolute atomic E-state index is 0.120. The molecule has 0 spiro atoms. The number of nitrogens with two attached hydrogens (primary N) is 1. The maximum absolute atomic E-state index is 5.96. The number of aryl methyl sites for hydroxylation is 1. The van der Waals surface area contributed by atoms with E-state index in [1.165, 1.54) is 11.1 Å². The summed E-state index contributed by atoms with van der Waals surface area (Å²) in [4.78, 5) is 0. The lowest BCUT2D eigenvalue weighted by molar-refractivity contribution is 0.413. The van der Waals surface area contributed by atoms with Gasteiger partial charge in [0, 0.05) is 6.04 Å². The molecule has 2 nitrogen and oxygen atoms in total. The quantitative estimate of drug-likeness (QED) is 0.773. The van der Waals surface area contributed by atoms with E-state index in [0.29, 0.717) is 0 Å². The molecule has 0 bridgehead atoms. The number of ether oxygens (including phenoxy) is 1. The van der Waals surface area contributed by atoms with Crippen LogP contribution in [0.2, 0.25) is 0 Å². The van der Waals surface area contributed by atoms with Crippen LogP contribution in [0, 0.1) is 6.92 Å². The summed E-state index contributed by atoms with van der Waals surface area (Å²) in [6.07, 6.45) is 0.952. The Bertz CT molecular complexity index is 283. The first-order valence-corrected chi connectivity index (χ1v) is 4.59. The lowest BCUT2D eigenvalue weighted by Crippen LogP contribution is -2.10. The summed E-state index contributed by atoms with van der Waals surface area (Å²) in [5, 5.41) is 0. The molecule has 1 unspecified atom stereocenters. The summed E-state index contributed by atoms with van der Waals surface area (Å²) in [5.41, 5.74) is 8.38. The van der Waals surface area contributed by atoms with Crippen LogP contribution in [0.1, 0.15) is 30.5 Å². The van der Waals surface area contributed by atoms with Crippen molar-refractivity contribution in [2.75, 3.05) is 7.11 Å². The standard InChI is InChI=1S/C11H17NO/c1-4-11(12)10-7-9(13-3)6-5-8(10)2/h5-7,11H,4,12H2,1-3H3. The second-order valence-corrected chi connectivity index (χ2v) is 3.24. The summed E-state index contributed by atoms with van der Waals surface area (Å²) in [6.45, 7) is 4.16. The monoisotopic (exact) mass is 179 g/mol. The van der Waals surface area contributed by atoms with E-state index >= 15 is 0 Å². The van der Waals surface area contributed by atoms with Crippen LogP contribution in [0.3, 0.4) is 0 Å². The molecule has 0 aliphatic rings. The highest BCUT2D eigenvalue weighted by molar-refractivity contribution is 5.36. The average Bonchev–Trinajstić information content (AvgIpc) is 2.17. The molecule has 1 aromatic rings. The van der Waals surface area contributed by atoms with Crippen molar-refractivity contribution < 1.29 is 4.74 Å². The Hall–Kier alpha value is -1.02. The van der Waals surface area contributed by atoms with E-state index in [-0.39, 0.29) is 6.04 Å². The summed E-state index contributed by atoms with van der Waals surface area (Å²) >= 11 is 0. The van der Waals surface area contributed by atoms with Gasteiger partial charge in [0.2, 0.25) is 0 Å². The molecule has 0 aromatic heterocycles. The highest BCUT2D eigenvalue weighted by Crippen LogP contribution is 2.23. The van der Waals surface area contributed by atoms with Gasteiger partial charge in [-0.05, 0) is 36.6 Å². The van der Waals surface area contributed by atoms with Gasteiger partial charge >= 0.3 is 0 Å². The molecular formula is C11H17NO. The second kappa shape index (κ2) is 4.28.